The Hall–Kier alpha value is -3.00. The first-order valence-corrected chi connectivity index (χ1v) is 11.9. The van der Waals surface area contributed by atoms with Crippen LogP contribution >= 0.6 is 0 Å². The van der Waals surface area contributed by atoms with E-state index in [0.717, 1.165) is 11.4 Å². The minimum absolute atomic E-state index is 0.194. The first-order valence-electron chi connectivity index (χ1n) is 9.98. The van der Waals surface area contributed by atoms with Crippen molar-refractivity contribution in [3.8, 4) is 11.5 Å². The Kier molecular flexibility index (Phi) is 5.42. The number of sulfone groups is 1. The van der Waals surface area contributed by atoms with Gasteiger partial charge in [-0.3, -0.25) is 0 Å². The Morgan fingerprint density at radius 2 is 1.70 bits per heavy atom. The molecule has 0 aliphatic heterocycles. The van der Waals surface area contributed by atoms with E-state index in [1.54, 1.807) is 30.3 Å². The molecule has 1 fully saturated rings. The lowest BCUT2D eigenvalue weighted by Crippen LogP contribution is -2.12. The van der Waals surface area contributed by atoms with Crippen LogP contribution in [0.4, 0.5) is 17.3 Å². The average molecular weight is 424 g/mol. The minimum atomic E-state index is -3.29. The van der Waals surface area contributed by atoms with Crippen LogP contribution in [0.15, 0.2) is 53.4 Å². The molecule has 2 heterocycles. The number of aromatic nitrogens is 3. The molecule has 0 spiro atoms. The van der Waals surface area contributed by atoms with Gasteiger partial charge in [0.05, 0.1) is 4.90 Å². The molecule has 0 atom stereocenters. The standard InChI is InChI=1S/C22H25N5O2S/c1-14(2)23-20-13-21(24-16-6-4-7-17(12-16)30(3,28)29)27-22(26-20)19-9-5-8-18(25-19)15-10-11-15/h4-9,12-15H,10-11H2,1-3H3,(H2,23,24,26,27). The van der Waals surface area contributed by atoms with Gasteiger partial charge in [0.1, 0.15) is 17.3 Å². The maximum Gasteiger partial charge on any atom is 0.182 e. The predicted octanol–water partition coefficient (Wildman–Crippen LogP) is 4.38. The quantitative estimate of drug-likeness (QED) is 0.582. The number of pyridine rings is 1. The van der Waals surface area contributed by atoms with E-state index in [1.807, 2.05) is 32.0 Å². The summed E-state index contributed by atoms with van der Waals surface area (Å²) in [5, 5.41) is 6.52. The molecule has 2 aromatic heterocycles. The number of anilines is 3. The van der Waals surface area contributed by atoms with Crippen LogP contribution in [0.5, 0.6) is 0 Å². The Labute approximate surface area is 176 Å². The highest BCUT2D eigenvalue weighted by atomic mass is 32.2. The maximum atomic E-state index is 11.9. The minimum Gasteiger partial charge on any atom is -0.368 e. The van der Waals surface area contributed by atoms with Gasteiger partial charge in [0, 0.05) is 35.7 Å². The Morgan fingerprint density at radius 1 is 0.967 bits per heavy atom. The second-order valence-electron chi connectivity index (χ2n) is 7.91. The van der Waals surface area contributed by atoms with E-state index < -0.39 is 9.84 Å². The highest BCUT2D eigenvalue weighted by molar-refractivity contribution is 7.90. The van der Waals surface area contributed by atoms with Gasteiger partial charge in [-0.05, 0) is 57.0 Å². The van der Waals surface area contributed by atoms with Gasteiger partial charge in [-0.25, -0.2) is 23.4 Å². The van der Waals surface area contributed by atoms with E-state index in [4.69, 9.17) is 4.98 Å². The zero-order valence-corrected chi connectivity index (χ0v) is 18.1. The molecular formula is C22H25N5O2S. The normalized spacial score (nSPS) is 14.0. The molecule has 0 saturated heterocycles. The number of rotatable bonds is 7. The van der Waals surface area contributed by atoms with Gasteiger partial charge < -0.3 is 10.6 Å². The fraction of sp³-hybridized carbons (Fsp3) is 0.318. The number of hydrogen-bond acceptors (Lipinski definition) is 7. The van der Waals surface area contributed by atoms with Crippen LogP contribution in [0.1, 0.15) is 38.3 Å². The van der Waals surface area contributed by atoms with Crippen LogP contribution in [0.3, 0.4) is 0 Å². The lowest BCUT2D eigenvalue weighted by molar-refractivity contribution is 0.602. The highest BCUT2D eigenvalue weighted by Gasteiger charge is 2.25. The summed E-state index contributed by atoms with van der Waals surface area (Å²) < 4.78 is 23.7. The fourth-order valence-corrected chi connectivity index (χ4v) is 3.80. The van der Waals surface area contributed by atoms with Gasteiger partial charge in [0.2, 0.25) is 0 Å². The van der Waals surface area contributed by atoms with Crippen molar-refractivity contribution in [1.82, 2.24) is 15.0 Å². The monoisotopic (exact) mass is 423 g/mol. The lowest BCUT2D eigenvalue weighted by Gasteiger charge is -2.14. The van der Waals surface area contributed by atoms with Crippen molar-refractivity contribution >= 4 is 27.2 Å². The van der Waals surface area contributed by atoms with Gasteiger partial charge in [0.15, 0.2) is 15.7 Å². The number of nitrogens with one attached hydrogen (secondary N) is 2. The molecule has 0 unspecified atom stereocenters. The summed E-state index contributed by atoms with van der Waals surface area (Å²) in [6.07, 6.45) is 3.55. The smallest absolute Gasteiger partial charge is 0.182 e. The second kappa shape index (κ2) is 8.02. The van der Waals surface area contributed by atoms with Gasteiger partial charge in [-0.15, -0.1) is 0 Å². The first-order chi connectivity index (χ1) is 14.3. The molecule has 3 aromatic rings. The van der Waals surface area contributed by atoms with Crippen LogP contribution in [-0.4, -0.2) is 35.7 Å². The van der Waals surface area contributed by atoms with E-state index in [0.29, 0.717) is 29.1 Å². The molecule has 0 bridgehead atoms. The molecule has 0 radical (unpaired) electrons. The molecular weight excluding hydrogens is 398 g/mol. The Morgan fingerprint density at radius 3 is 2.40 bits per heavy atom. The van der Waals surface area contributed by atoms with Crippen LogP contribution in [-0.2, 0) is 9.84 Å². The number of hydrogen-bond donors (Lipinski definition) is 2. The Balaban J connectivity index is 1.71. The third kappa shape index (κ3) is 4.94. The maximum absolute atomic E-state index is 11.9. The second-order valence-corrected chi connectivity index (χ2v) is 9.92. The van der Waals surface area contributed by atoms with Crippen molar-refractivity contribution < 1.29 is 8.42 Å². The molecule has 1 aliphatic rings. The van der Waals surface area contributed by atoms with E-state index in [2.05, 4.69) is 20.6 Å². The summed E-state index contributed by atoms with van der Waals surface area (Å²) in [5.74, 6) is 2.30. The van der Waals surface area contributed by atoms with Crippen LogP contribution in [0, 0.1) is 0 Å². The third-order valence-corrected chi connectivity index (χ3v) is 5.80. The van der Waals surface area contributed by atoms with E-state index >= 15 is 0 Å². The van der Waals surface area contributed by atoms with Gasteiger partial charge in [-0.2, -0.15) is 0 Å². The van der Waals surface area contributed by atoms with E-state index in [9.17, 15) is 8.42 Å². The Bertz CT molecular complexity index is 1170. The topological polar surface area (TPSA) is 96.9 Å². The SMILES string of the molecule is CC(C)Nc1cc(Nc2cccc(S(C)(=O)=O)c2)nc(-c2cccc(C3CC3)n2)n1. The summed E-state index contributed by atoms with van der Waals surface area (Å²) in [6.45, 7) is 4.08. The number of nitrogens with zero attached hydrogens (tertiary/aromatic N) is 3. The molecule has 1 aromatic carbocycles. The largest absolute Gasteiger partial charge is 0.368 e. The van der Waals surface area contributed by atoms with Gasteiger partial charge >= 0.3 is 0 Å². The summed E-state index contributed by atoms with van der Waals surface area (Å²) in [4.78, 5) is 14.3. The van der Waals surface area contributed by atoms with Gasteiger partial charge in [0.25, 0.3) is 0 Å². The van der Waals surface area contributed by atoms with E-state index in [-0.39, 0.29) is 10.9 Å². The van der Waals surface area contributed by atoms with Crippen molar-refractivity contribution in [3.05, 3.63) is 54.2 Å². The van der Waals surface area contributed by atoms with Crippen molar-refractivity contribution in [2.45, 2.75) is 43.5 Å². The van der Waals surface area contributed by atoms with Crippen molar-refractivity contribution in [3.63, 3.8) is 0 Å². The molecule has 0 amide bonds. The summed E-state index contributed by atoms with van der Waals surface area (Å²) >= 11 is 0. The van der Waals surface area contributed by atoms with Crippen LogP contribution in [0.25, 0.3) is 11.5 Å². The van der Waals surface area contributed by atoms with Crippen molar-refractivity contribution in [2.75, 3.05) is 16.9 Å². The third-order valence-electron chi connectivity index (χ3n) is 4.69. The average Bonchev–Trinajstić information content (AvgIpc) is 3.52. The highest BCUT2D eigenvalue weighted by Crippen LogP contribution is 2.39. The fourth-order valence-electron chi connectivity index (χ4n) is 3.13. The molecule has 30 heavy (non-hydrogen) atoms. The molecule has 156 valence electrons. The molecule has 1 saturated carbocycles. The summed E-state index contributed by atoms with van der Waals surface area (Å²) in [7, 11) is -3.29. The summed E-state index contributed by atoms with van der Waals surface area (Å²) in [6, 6.07) is 14.6. The molecule has 7 nitrogen and oxygen atoms in total. The van der Waals surface area contributed by atoms with Gasteiger partial charge in [-0.1, -0.05) is 12.1 Å². The van der Waals surface area contributed by atoms with Crippen molar-refractivity contribution in [2.24, 2.45) is 0 Å². The van der Waals surface area contributed by atoms with Crippen LogP contribution < -0.4 is 10.6 Å². The first kappa shape index (κ1) is 20.3. The predicted molar refractivity (Wildman–Crippen MR) is 119 cm³/mol. The zero-order valence-electron chi connectivity index (χ0n) is 17.3. The molecule has 1 aliphatic carbocycles. The zero-order chi connectivity index (χ0) is 21.3. The number of benzene rings is 1. The lowest BCUT2D eigenvalue weighted by atomic mass is 10.2. The van der Waals surface area contributed by atoms with Crippen molar-refractivity contribution in [1.29, 1.82) is 0 Å². The van der Waals surface area contributed by atoms with E-state index in [1.165, 1.54) is 19.1 Å². The molecule has 2 N–H and O–H groups in total. The summed E-state index contributed by atoms with van der Waals surface area (Å²) in [5.41, 5.74) is 2.44. The molecule has 8 heteroatoms. The molecule has 4 rings (SSSR count). The van der Waals surface area contributed by atoms with Crippen LogP contribution in [0.2, 0.25) is 0 Å².